The third kappa shape index (κ3) is 9.49. The van der Waals surface area contributed by atoms with Gasteiger partial charge in [-0.3, -0.25) is 9.59 Å². The molecule has 0 spiro atoms. The topological polar surface area (TPSA) is 111 Å². The molecular weight excluding hydrogens is 632 g/mol. The first kappa shape index (κ1) is 37.6. The minimum absolute atomic E-state index is 0.0848. The second kappa shape index (κ2) is 17.0. The van der Waals surface area contributed by atoms with E-state index in [2.05, 4.69) is 30.6 Å². The lowest BCUT2D eigenvalue weighted by molar-refractivity contribution is -0.160. The second-order valence-electron chi connectivity index (χ2n) is 13.5. The number of rotatable bonds is 15. The number of hydrogen-bond donors (Lipinski definition) is 1. The summed E-state index contributed by atoms with van der Waals surface area (Å²) in [5.41, 5.74) is 4.32. The molecule has 0 aromatic heterocycles. The molecule has 1 aliphatic carbocycles. The van der Waals surface area contributed by atoms with Crippen LogP contribution in [0.4, 0.5) is 4.79 Å². The molecule has 0 aliphatic heterocycles. The van der Waals surface area contributed by atoms with Crippen LogP contribution >= 0.6 is 0 Å². The number of alkyl carbamates (subject to hydrolysis) is 1. The van der Waals surface area contributed by atoms with Gasteiger partial charge in [-0.25, -0.2) is 9.59 Å². The monoisotopic (exact) mass is 680 g/mol. The van der Waals surface area contributed by atoms with E-state index in [9.17, 15) is 19.2 Å². The number of benzene rings is 3. The highest BCUT2D eigenvalue weighted by Gasteiger charge is 2.36. The second-order valence-corrected chi connectivity index (χ2v) is 13.5. The smallest absolute Gasteiger partial charge is 0.407 e. The maximum atomic E-state index is 13.8. The quantitative estimate of drug-likeness (QED) is 0.100. The van der Waals surface area contributed by atoms with E-state index in [0.29, 0.717) is 5.56 Å². The Balaban J connectivity index is 1.47. The molecule has 1 unspecified atom stereocenters. The van der Waals surface area contributed by atoms with Crippen molar-refractivity contribution in [2.75, 3.05) is 13.7 Å². The number of nitrogens with zero attached hydrogens (tertiary/aromatic N) is 1. The van der Waals surface area contributed by atoms with Crippen molar-refractivity contribution in [3.8, 4) is 11.1 Å². The van der Waals surface area contributed by atoms with E-state index in [1.807, 2.05) is 54.6 Å². The molecule has 4 atom stereocenters. The molecule has 0 fully saturated rings. The van der Waals surface area contributed by atoms with E-state index >= 15 is 0 Å². The molecule has 3 aromatic rings. The number of fused-ring (bicyclic) bond motifs is 3. The molecule has 2 amide bonds. The molecule has 0 heterocycles. The maximum Gasteiger partial charge on any atom is 0.407 e. The third-order valence-corrected chi connectivity index (χ3v) is 8.72. The molecule has 0 radical (unpaired) electrons. The Morgan fingerprint density at radius 3 is 1.98 bits per heavy atom. The van der Waals surface area contributed by atoms with Gasteiger partial charge in [0.25, 0.3) is 0 Å². The van der Waals surface area contributed by atoms with Crippen LogP contribution in [-0.4, -0.2) is 60.2 Å². The van der Waals surface area contributed by atoms with Gasteiger partial charge in [0.2, 0.25) is 5.91 Å². The lowest BCUT2D eigenvalue weighted by Crippen LogP contribution is -2.46. The predicted octanol–water partition coefficient (Wildman–Crippen LogP) is 7.53. The van der Waals surface area contributed by atoms with Gasteiger partial charge in [0.1, 0.15) is 24.4 Å². The van der Waals surface area contributed by atoms with Crippen LogP contribution in [0.1, 0.15) is 75.7 Å². The predicted molar refractivity (Wildman–Crippen MR) is 193 cm³/mol. The standard InChI is InChI=1S/C41H48N2O7/c1-8-17-29(25-36(44)50-41(4,5)6)38(45)43(7)27(3)37(28-19-11-10-12-20-28)49-39(46)35(18-9-2)42-40(47)48-26-34-32-23-15-13-21-30(32)31-22-14-16-24-33(31)34/h8-16,19-24,27,29,34-35,37H,1-2,17-18,25-26H2,3-7H3,(H,42,47)/t27-,29?,35-,37-/m0/s1. The summed E-state index contributed by atoms with van der Waals surface area (Å²) in [6.07, 6.45) is 1.67. The fourth-order valence-corrected chi connectivity index (χ4v) is 6.21. The molecule has 0 saturated heterocycles. The van der Waals surface area contributed by atoms with Gasteiger partial charge in [-0.2, -0.15) is 0 Å². The van der Waals surface area contributed by atoms with Gasteiger partial charge in [0.15, 0.2) is 0 Å². The van der Waals surface area contributed by atoms with Crippen LogP contribution in [0.2, 0.25) is 0 Å². The number of likely N-dealkylation sites (N-methyl/N-ethyl adjacent to an activating group) is 1. The average Bonchev–Trinajstić information content (AvgIpc) is 3.41. The van der Waals surface area contributed by atoms with Crippen molar-refractivity contribution in [1.82, 2.24) is 10.2 Å². The van der Waals surface area contributed by atoms with Gasteiger partial charge in [-0.05, 0) is 68.4 Å². The molecule has 264 valence electrons. The summed E-state index contributed by atoms with van der Waals surface area (Å²) in [4.78, 5) is 54.8. The largest absolute Gasteiger partial charge is 0.460 e. The summed E-state index contributed by atoms with van der Waals surface area (Å²) in [7, 11) is 1.61. The van der Waals surface area contributed by atoms with Crippen LogP contribution in [0.15, 0.2) is 104 Å². The Labute approximate surface area is 295 Å². The highest BCUT2D eigenvalue weighted by atomic mass is 16.6. The fraction of sp³-hybridized carbons (Fsp3) is 0.366. The Kier molecular flexibility index (Phi) is 12.8. The van der Waals surface area contributed by atoms with Crippen molar-refractivity contribution < 1.29 is 33.4 Å². The normalized spacial score (nSPS) is 14.5. The number of carbonyl (C=O) groups excluding carboxylic acids is 4. The van der Waals surface area contributed by atoms with Gasteiger partial charge in [-0.15, -0.1) is 13.2 Å². The van der Waals surface area contributed by atoms with Crippen LogP contribution in [0.5, 0.6) is 0 Å². The highest BCUT2D eigenvalue weighted by molar-refractivity contribution is 5.85. The zero-order valence-electron chi connectivity index (χ0n) is 29.6. The van der Waals surface area contributed by atoms with Crippen LogP contribution in [0, 0.1) is 5.92 Å². The van der Waals surface area contributed by atoms with Gasteiger partial charge < -0.3 is 24.4 Å². The Morgan fingerprint density at radius 1 is 0.860 bits per heavy atom. The van der Waals surface area contributed by atoms with Gasteiger partial charge in [0, 0.05) is 13.0 Å². The lowest BCUT2D eigenvalue weighted by atomic mass is 9.96. The molecule has 50 heavy (non-hydrogen) atoms. The van der Waals surface area contributed by atoms with Crippen molar-refractivity contribution in [2.45, 2.75) is 76.7 Å². The van der Waals surface area contributed by atoms with Crippen LogP contribution in [0.25, 0.3) is 11.1 Å². The summed E-state index contributed by atoms with van der Waals surface area (Å²) in [6, 6.07) is 23.4. The zero-order valence-corrected chi connectivity index (χ0v) is 29.6. The minimum atomic E-state index is -1.09. The zero-order chi connectivity index (χ0) is 36.4. The third-order valence-electron chi connectivity index (χ3n) is 8.72. The maximum absolute atomic E-state index is 13.8. The first-order valence-electron chi connectivity index (χ1n) is 16.9. The Hall–Kier alpha value is -5.18. The molecule has 1 aliphatic rings. The lowest BCUT2D eigenvalue weighted by Gasteiger charge is -2.34. The number of hydrogen-bond acceptors (Lipinski definition) is 7. The summed E-state index contributed by atoms with van der Waals surface area (Å²) in [5.74, 6) is -2.38. The fourth-order valence-electron chi connectivity index (χ4n) is 6.21. The number of carbonyl (C=O) groups is 4. The van der Waals surface area contributed by atoms with E-state index in [0.717, 1.165) is 22.3 Å². The molecule has 0 saturated carbocycles. The van der Waals surface area contributed by atoms with Crippen LogP contribution in [-0.2, 0) is 28.6 Å². The van der Waals surface area contributed by atoms with Crippen molar-refractivity contribution in [3.05, 3.63) is 121 Å². The van der Waals surface area contributed by atoms with Gasteiger partial charge >= 0.3 is 18.0 Å². The van der Waals surface area contributed by atoms with E-state index in [-0.39, 0.29) is 37.7 Å². The SMILES string of the molecule is C=CCC(CC(=O)OC(C)(C)C)C(=O)N(C)[C@@H](C)[C@H](OC(=O)[C@H](CC=C)NC(=O)OCC1c2ccccc2-c2ccccc21)c1ccccc1. The minimum Gasteiger partial charge on any atom is -0.460 e. The molecule has 3 aromatic carbocycles. The van der Waals surface area contributed by atoms with E-state index in [4.69, 9.17) is 14.2 Å². The van der Waals surface area contributed by atoms with Crippen molar-refractivity contribution in [2.24, 2.45) is 5.92 Å². The summed E-state index contributed by atoms with van der Waals surface area (Å²) < 4.78 is 17.2. The Morgan fingerprint density at radius 2 is 1.42 bits per heavy atom. The molecular formula is C41H48N2O7. The molecule has 9 heteroatoms. The highest BCUT2D eigenvalue weighted by Crippen LogP contribution is 2.44. The van der Waals surface area contributed by atoms with Crippen molar-refractivity contribution in [3.63, 3.8) is 0 Å². The number of amides is 2. The van der Waals surface area contributed by atoms with Gasteiger partial charge in [0.05, 0.1) is 18.4 Å². The Bertz CT molecular complexity index is 1630. The number of allylic oxidation sites excluding steroid dienone is 1. The average molecular weight is 681 g/mol. The van der Waals surface area contributed by atoms with E-state index < -0.39 is 47.7 Å². The number of ether oxygens (including phenoxy) is 3. The number of esters is 2. The molecule has 1 N–H and O–H groups in total. The first-order valence-corrected chi connectivity index (χ1v) is 16.9. The molecule has 9 nitrogen and oxygen atoms in total. The molecule has 4 rings (SSSR count). The van der Waals surface area contributed by atoms with Crippen molar-refractivity contribution in [1.29, 1.82) is 0 Å². The van der Waals surface area contributed by atoms with E-state index in [1.165, 1.54) is 11.0 Å². The summed E-state index contributed by atoms with van der Waals surface area (Å²) in [5, 5.41) is 2.66. The summed E-state index contributed by atoms with van der Waals surface area (Å²) in [6.45, 7) is 14.7. The van der Waals surface area contributed by atoms with Crippen LogP contribution in [0.3, 0.4) is 0 Å². The molecule has 0 bridgehead atoms. The van der Waals surface area contributed by atoms with Crippen LogP contribution < -0.4 is 5.32 Å². The van der Waals surface area contributed by atoms with E-state index in [1.54, 1.807) is 53.0 Å². The summed E-state index contributed by atoms with van der Waals surface area (Å²) >= 11 is 0. The first-order chi connectivity index (χ1) is 23.8. The van der Waals surface area contributed by atoms with Gasteiger partial charge in [-0.1, -0.05) is 91.0 Å². The number of nitrogens with one attached hydrogen (secondary N) is 1. The van der Waals surface area contributed by atoms with Crippen molar-refractivity contribution >= 4 is 23.9 Å².